The molecule has 0 spiro atoms. The first-order chi connectivity index (χ1) is 8.17. The first-order valence-electron chi connectivity index (χ1n) is 6.03. The maximum atomic E-state index is 13.2. The highest BCUT2D eigenvalue weighted by Crippen LogP contribution is 2.14. The van der Waals surface area contributed by atoms with Crippen LogP contribution in [0.3, 0.4) is 0 Å². The van der Waals surface area contributed by atoms with Gasteiger partial charge in [0.15, 0.2) is 0 Å². The lowest BCUT2D eigenvalue weighted by molar-refractivity contribution is -0.122. The van der Waals surface area contributed by atoms with E-state index in [0.29, 0.717) is 5.69 Å². The Morgan fingerprint density at radius 2 is 1.89 bits per heavy atom. The van der Waals surface area contributed by atoms with E-state index in [-0.39, 0.29) is 17.3 Å². The largest absolute Gasteiger partial charge is 0.374 e. The molecule has 1 unspecified atom stereocenters. The second-order valence-electron chi connectivity index (χ2n) is 5.62. The summed E-state index contributed by atoms with van der Waals surface area (Å²) in [6.07, 6.45) is 0. The van der Waals surface area contributed by atoms with Gasteiger partial charge in [-0.3, -0.25) is 4.79 Å². The lowest BCUT2D eigenvalue weighted by Crippen LogP contribution is -2.47. The van der Waals surface area contributed by atoms with Gasteiger partial charge in [0.25, 0.3) is 0 Å². The van der Waals surface area contributed by atoms with Crippen molar-refractivity contribution < 1.29 is 9.18 Å². The molecule has 4 heteroatoms. The molecule has 0 aliphatic carbocycles. The summed E-state index contributed by atoms with van der Waals surface area (Å²) in [7, 11) is 0. The average Bonchev–Trinajstić information content (AvgIpc) is 2.12. The maximum absolute atomic E-state index is 13.2. The van der Waals surface area contributed by atoms with Gasteiger partial charge in [0.05, 0.1) is 0 Å². The van der Waals surface area contributed by atoms with Gasteiger partial charge < -0.3 is 10.6 Å². The number of aryl methyl sites for hydroxylation is 1. The van der Waals surface area contributed by atoms with Crippen LogP contribution in [-0.2, 0) is 4.79 Å². The van der Waals surface area contributed by atoms with E-state index in [4.69, 9.17) is 0 Å². The van der Waals surface area contributed by atoms with Gasteiger partial charge in [-0.1, -0.05) is 0 Å². The van der Waals surface area contributed by atoms with E-state index < -0.39 is 6.04 Å². The molecule has 1 aromatic rings. The van der Waals surface area contributed by atoms with Crippen molar-refractivity contribution in [2.45, 2.75) is 46.2 Å². The average molecular weight is 252 g/mol. The lowest BCUT2D eigenvalue weighted by atomic mass is 10.1. The molecule has 18 heavy (non-hydrogen) atoms. The molecule has 0 saturated heterocycles. The van der Waals surface area contributed by atoms with Crippen LogP contribution in [0.4, 0.5) is 10.1 Å². The van der Waals surface area contributed by atoms with E-state index in [1.807, 2.05) is 33.8 Å². The molecule has 0 bridgehead atoms. The Morgan fingerprint density at radius 3 is 2.39 bits per heavy atom. The van der Waals surface area contributed by atoms with Crippen LogP contribution in [0, 0.1) is 12.7 Å². The van der Waals surface area contributed by atoms with Crippen LogP contribution in [-0.4, -0.2) is 17.5 Å². The number of amides is 1. The molecule has 2 N–H and O–H groups in total. The van der Waals surface area contributed by atoms with E-state index in [0.717, 1.165) is 5.56 Å². The van der Waals surface area contributed by atoms with Crippen LogP contribution in [0.25, 0.3) is 0 Å². The maximum Gasteiger partial charge on any atom is 0.242 e. The number of carbonyl (C=O) groups excluding carboxylic acids is 1. The van der Waals surface area contributed by atoms with E-state index >= 15 is 0 Å². The van der Waals surface area contributed by atoms with Gasteiger partial charge in [-0.05, 0) is 58.4 Å². The van der Waals surface area contributed by atoms with Crippen LogP contribution in [0.1, 0.15) is 33.3 Å². The monoisotopic (exact) mass is 252 g/mol. The van der Waals surface area contributed by atoms with Crippen LogP contribution in [0.5, 0.6) is 0 Å². The van der Waals surface area contributed by atoms with Crippen molar-refractivity contribution >= 4 is 11.6 Å². The molecule has 0 aliphatic heterocycles. The second-order valence-corrected chi connectivity index (χ2v) is 5.62. The minimum atomic E-state index is -0.412. The van der Waals surface area contributed by atoms with Crippen LogP contribution in [0.15, 0.2) is 18.2 Å². The van der Waals surface area contributed by atoms with E-state index in [9.17, 15) is 9.18 Å². The highest BCUT2D eigenvalue weighted by molar-refractivity contribution is 5.84. The van der Waals surface area contributed by atoms with Gasteiger partial charge in [-0.15, -0.1) is 0 Å². The third-order valence-electron chi connectivity index (χ3n) is 2.32. The molecule has 0 aromatic heterocycles. The Hall–Kier alpha value is -1.58. The van der Waals surface area contributed by atoms with Crippen molar-refractivity contribution in [3.8, 4) is 0 Å². The summed E-state index contributed by atoms with van der Waals surface area (Å²) in [5.41, 5.74) is 1.16. The van der Waals surface area contributed by atoms with Crippen LogP contribution >= 0.6 is 0 Å². The van der Waals surface area contributed by atoms with Crippen molar-refractivity contribution in [3.63, 3.8) is 0 Å². The van der Waals surface area contributed by atoms with Crippen LogP contribution in [0.2, 0.25) is 0 Å². The molecule has 0 radical (unpaired) electrons. The van der Waals surface area contributed by atoms with Gasteiger partial charge in [0.2, 0.25) is 5.91 Å². The van der Waals surface area contributed by atoms with Crippen molar-refractivity contribution in [3.05, 3.63) is 29.6 Å². The molecule has 0 saturated carbocycles. The normalized spacial score (nSPS) is 13.0. The minimum Gasteiger partial charge on any atom is -0.374 e. The Balaban J connectivity index is 2.69. The molecule has 1 atom stereocenters. The SMILES string of the molecule is Cc1cc(F)cc(NC(C)C(=O)NC(C)(C)C)c1. The molecule has 0 heterocycles. The van der Waals surface area contributed by atoms with E-state index in [2.05, 4.69) is 10.6 Å². The molecular formula is C14H21FN2O. The van der Waals surface area contributed by atoms with Gasteiger partial charge >= 0.3 is 0 Å². The van der Waals surface area contributed by atoms with Crippen molar-refractivity contribution in [2.75, 3.05) is 5.32 Å². The number of halogens is 1. The molecule has 100 valence electrons. The molecule has 0 fully saturated rings. The zero-order valence-electron chi connectivity index (χ0n) is 11.6. The molecule has 1 aromatic carbocycles. The summed E-state index contributed by atoms with van der Waals surface area (Å²) >= 11 is 0. The van der Waals surface area contributed by atoms with Gasteiger partial charge in [0.1, 0.15) is 11.9 Å². The topological polar surface area (TPSA) is 41.1 Å². The number of benzene rings is 1. The number of rotatable bonds is 3. The van der Waals surface area contributed by atoms with Gasteiger partial charge in [-0.2, -0.15) is 0 Å². The fraction of sp³-hybridized carbons (Fsp3) is 0.500. The number of carbonyl (C=O) groups is 1. The fourth-order valence-corrected chi connectivity index (χ4v) is 1.61. The third-order valence-corrected chi connectivity index (χ3v) is 2.32. The Bertz CT molecular complexity index is 418. The third kappa shape index (κ3) is 4.73. The first-order valence-corrected chi connectivity index (χ1v) is 6.03. The molecule has 1 amide bonds. The predicted octanol–water partition coefficient (Wildman–Crippen LogP) is 2.85. The number of anilines is 1. The zero-order valence-corrected chi connectivity index (χ0v) is 11.6. The number of hydrogen-bond acceptors (Lipinski definition) is 2. The summed E-state index contributed by atoms with van der Waals surface area (Å²) in [5, 5.41) is 5.87. The lowest BCUT2D eigenvalue weighted by Gasteiger charge is -2.24. The first kappa shape index (κ1) is 14.5. The second kappa shape index (κ2) is 5.38. The number of hydrogen-bond donors (Lipinski definition) is 2. The number of nitrogens with one attached hydrogen (secondary N) is 2. The molecular weight excluding hydrogens is 231 g/mol. The van der Waals surface area contributed by atoms with Crippen molar-refractivity contribution in [2.24, 2.45) is 0 Å². The van der Waals surface area contributed by atoms with Crippen molar-refractivity contribution in [1.29, 1.82) is 0 Å². The quantitative estimate of drug-likeness (QED) is 0.868. The van der Waals surface area contributed by atoms with Crippen LogP contribution < -0.4 is 10.6 Å². The summed E-state index contributed by atoms with van der Waals surface area (Å²) in [4.78, 5) is 11.9. The molecule has 3 nitrogen and oxygen atoms in total. The fourth-order valence-electron chi connectivity index (χ4n) is 1.61. The van der Waals surface area contributed by atoms with Gasteiger partial charge in [-0.25, -0.2) is 4.39 Å². The van der Waals surface area contributed by atoms with Crippen molar-refractivity contribution in [1.82, 2.24) is 5.32 Å². The summed E-state index contributed by atoms with van der Waals surface area (Å²) in [6, 6.07) is 4.23. The molecule has 0 aliphatic rings. The van der Waals surface area contributed by atoms with E-state index in [1.54, 1.807) is 6.92 Å². The zero-order chi connectivity index (χ0) is 13.9. The Kier molecular flexibility index (Phi) is 4.33. The summed E-state index contributed by atoms with van der Waals surface area (Å²) in [6.45, 7) is 9.33. The Morgan fingerprint density at radius 1 is 1.28 bits per heavy atom. The highest BCUT2D eigenvalue weighted by Gasteiger charge is 2.19. The highest BCUT2D eigenvalue weighted by atomic mass is 19.1. The summed E-state index contributed by atoms with van der Waals surface area (Å²) < 4.78 is 13.2. The smallest absolute Gasteiger partial charge is 0.242 e. The standard InChI is InChI=1S/C14H21FN2O/c1-9-6-11(15)8-12(7-9)16-10(2)13(18)17-14(3,4)5/h6-8,10,16H,1-5H3,(H,17,18). The summed E-state index contributed by atoms with van der Waals surface area (Å²) in [5.74, 6) is -0.412. The Labute approximate surface area is 108 Å². The predicted molar refractivity (Wildman–Crippen MR) is 72.1 cm³/mol. The molecule has 1 rings (SSSR count). The van der Waals surface area contributed by atoms with E-state index in [1.165, 1.54) is 12.1 Å². The minimum absolute atomic E-state index is 0.107. The van der Waals surface area contributed by atoms with Gasteiger partial charge in [0, 0.05) is 11.2 Å².